The van der Waals surface area contributed by atoms with Gasteiger partial charge in [-0.3, -0.25) is 4.79 Å². The van der Waals surface area contributed by atoms with E-state index in [1.807, 2.05) is 42.5 Å². The Morgan fingerprint density at radius 1 is 1.18 bits per heavy atom. The van der Waals surface area contributed by atoms with E-state index in [0.29, 0.717) is 6.54 Å². The Morgan fingerprint density at radius 2 is 1.93 bits per heavy atom. The molecule has 3 N–H and O–H groups in total. The summed E-state index contributed by atoms with van der Waals surface area (Å²) in [5.74, 6) is -2.61. The normalized spacial score (nSPS) is 21.1. The number of aliphatic hydroxyl groups is 1. The predicted molar refractivity (Wildman–Crippen MR) is 139 cm³/mol. The molecule has 2 heterocycles. The number of aliphatic hydroxyl groups excluding tert-OH is 1. The first-order chi connectivity index (χ1) is 19.1. The Bertz CT molecular complexity index is 1570. The number of hydrogen-bond acceptors (Lipinski definition) is 8. The zero-order valence-electron chi connectivity index (χ0n) is 21.0. The van der Waals surface area contributed by atoms with Crippen molar-refractivity contribution in [2.45, 2.75) is 56.8 Å². The number of anilines is 1. The molecule has 0 saturated heterocycles. The standard InChI is InChI=1S/C26H24ClF3N6O4/c1-2-18(37)33-16-10-17(21(20(16)38)40-24(39)26(28,29)30)36-12-32-19-22(34-25(27)35-23(19)36)31-11-14-8-5-7-13-6-3-4-9-15(13)14/h3-9,12,16-17,20-21,38H,2,10-11H2,1H3,(H,33,37)(H,31,34,35)/t16?,17-,20-,21+/m1/s1. The van der Waals surface area contributed by atoms with Crippen LogP contribution in [0.5, 0.6) is 0 Å². The van der Waals surface area contributed by atoms with Crippen molar-refractivity contribution in [2.24, 2.45) is 0 Å². The minimum Gasteiger partial charge on any atom is -0.451 e. The molecule has 4 aromatic rings. The number of benzene rings is 2. The Labute approximate surface area is 230 Å². The second-order valence-corrected chi connectivity index (χ2v) is 9.68. The molecule has 2 aromatic heterocycles. The fourth-order valence-corrected chi connectivity index (χ4v) is 5.10. The Kier molecular flexibility index (Phi) is 7.51. The molecule has 0 aliphatic heterocycles. The molecule has 0 spiro atoms. The predicted octanol–water partition coefficient (Wildman–Crippen LogP) is 3.92. The van der Waals surface area contributed by atoms with Crippen molar-refractivity contribution >= 4 is 51.2 Å². The van der Waals surface area contributed by atoms with Crippen LogP contribution >= 0.6 is 11.6 Å². The van der Waals surface area contributed by atoms with Crippen LogP contribution in [-0.4, -0.2) is 60.9 Å². The van der Waals surface area contributed by atoms with Gasteiger partial charge in [0, 0.05) is 13.0 Å². The van der Waals surface area contributed by atoms with Crippen molar-refractivity contribution in [3.05, 3.63) is 59.6 Å². The fraction of sp³-hybridized carbons (Fsp3) is 0.346. The first kappa shape index (κ1) is 27.6. The molecule has 0 radical (unpaired) electrons. The molecule has 40 heavy (non-hydrogen) atoms. The van der Waals surface area contributed by atoms with Crippen LogP contribution in [0, 0.1) is 0 Å². The van der Waals surface area contributed by atoms with Gasteiger partial charge < -0.3 is 25.0 Å². The molecule has 2 aromatic carbocycles. The molecule has 210 valence electrons. The molecule has 14 heteroatoms. The lowest BCUT2D eigenvalue weighted by Crippen LogP contribution is -2.45. The quantitative estimate of drug-likeness (QED) is 0.223. The number of fused-ring (bicyclic) bond motifs is 2. The molecule has 0 bridgehead atoms. The second-order valence-electron chi connectivity index (χ2n) is 9.35. The molecule has 1 fully saturated rings. The van der Waals surface area contributed by atoms with Gasteiger partial charge in [0.25, 0.3) is 0 Å². The molecular weight excluding hydrogens is 553 g/mol. The number of nitrogens with one attached hydrogen (secondary N) is 2. The summed E-state index contributed by atoms with van der Waals surface area (Å²) >= 11 is 6.22. The average Bonchev–Trinajstić information content (AvgIpc) is 3.47. The van der Waals surface area contributed by atoms with E-state index in [9.17, 15) is 27.9 Å². The molecular formula is C26H24ClF3N6O4. The first-order valence-electron chi connectivity index (χ1n) is 12.4. The topological polar surface area (TPSA) is 131 Å². The molecule has 1 amide bonds. The van der Waals surface area contributed by atoms with E-state index < -0.39 is 42.3 Å². The monoisotopic (exact) mass is 576 g/mol. The lowest BCUT2D eigenvalue weighted by Gasteiger charge is -2.24. The maximum absolute atomic E-state index is 13.1. The summed E-state index contributed by atoms with van der Waals surface area (Å²) < 4.78 is 45.2. The van der Waals surface area contributed by atoms with E-state index in [0.717, 1.165) is 16.3 Å². The number of alkyl halides is 3. The first-order valence-corrected chi connectivity index (χ1v) is 12.8. The summed E-state index contributed by atoms with van der Waals surface area (Å²) in [7, 11) is 0. The largest absolute Gasteiger partial charge is 0.490 e. The Balaban J connectivity index is 1.48. The summed E-state index contributed by atoms with van der Waals surface area (Å²) in [5.41, 5.74) is 1.39. The number of carbonyl (C=O) groups is 2. The third-order valence-corrected chi connectivity index (χ3v) is 7.01. The number of aromatic nitrogens is 4. The Morgan fingerprint density at radius 3 is 2.67 bits per heavy atom. The van der Waals surface area contributed by atoms with Gasteiger partial charge in [-0.15, -0.1) is 0 Å². The molecule has 1 saturated carbocycles. The van der Waals surface area contributed by atoms with Gasteiger partial charge in [-0.2, -0.15) is 23.1 Å². The molecule has 10 nitrogen and oxygen atoms in total. The summed E-state index contributed by atoms with van der Waals surface area (Å²) in [5, 5.41) is 18.5. The van der Waals surface area contributed by atoms with Crippen LogP contribution in [0.4, 0.5) is 19.0 Å². The molecule has 5 rings (SSSR count). The lowest BCUT2D eigenvalue weighted by atomic mass is 10.0. The minimum absolute atomic E-state index is 0.0610. The number of imidazole rings is 1. The van der Waals surface area contributed by atoms with E-state index in [1.165, 1.54) is 10.9 Å². The van der Waals surface area contributed by atoms with Gasteiger partial charge in [-0.05, 0) is 34.4 Å². The highest BCUT2D eigenvalue weighted by Crippen LogP contribution is 2.37. The van der Waals surface area contributed by atoms with E-state index in [-0.39, 0.29) is 35.1 Å². The number of rotatable bonds is 7. The Hall–Kier alpha value is -3.97. The van der Waals surface area contributed by atoms with E-state index >= 15 is 0 Å². The van der Waals surface area contributed by atoms with E-state index in [1.54, 1.807) is 6.92 Å². The van der Waals surface area contributed by atoms with Gasteiger partial charge in [0.05, 0.1) is 18.4 Å². The summed E-state index contributed by atoms with van der Waals surface area (Å²) in [4.78, 5) is 36.5. The van der Waals surface area contributed by atoms with Crippen molar-refractivity contribution < 1.29 is 32.6 Å². The van der Waals surface area contributed by atoms with Crippen LogP contribution in [0.15, 0.2) is 48.8 Å². The number of amides is 1. The number of nitrogens with zero attached hydrogens (tertiary/aromatic N) is 4. The van der Waals surface area contributed by atoms with Crippen LogP contribution in [0.25, 0.3) is 21.9 Å². The van der Waals surface area contributed by atoms with Crippen molar-refractivity contribution in [1.82, 2.24) is 24.8 Å². The fourth-order valence-electron chi connectivity index (χ4n) is 4.94. The SMILES string of the molecule is CCC(=O)NC1C[C@@H](n2cnc3c(NCc4cccc5ccccc45)nc(Cl)nc32)[C@H](OC(=O)C(F)(F)F)[C@@H]1O. The van der Waals surface area contributed by atoms with E-state index in [4.69, 9.17) is 16.3 Å². The zero-order chi connectivity index (χ0) is 28.6. The number of hydrogen-bond donors (Lipinski definition) is 3. The van der Waals surface area contributed by atoms with E-state index in [2.05, 4.69) is 25.6 Å². The molecule has 1 unspecified atom stereocenters. The van der Waals surface area contributed by atoms with Crippen LogP contribution in [0.3, 0.4) is 0 Å². The van der Waals surface area contributed by atoms with Crippen LogP contribution in [0.1, 0.15) is 31.4 Å². The third kappa shape index (κ3) is 5.39. The van der Waals surface area contributed by atoms with Crippen LogP contribution in [-0.2, 0) is 20.9 Å². The smallest absolute Gasteiger partial charge is 0.451 e. The summed E-state index contributed by atoms with van der Waals surface area (Å²) in [6.07, 6.45) is -7.23. The van der Waals surface area contributed by atoms with Gasteiger partial charge in [0.1, 0.15) is 6.10 Å². The van der Waals surface area contributed by atoms with Gasteiger partial charge in [-0.1, -0.05) is 49.4 Å². The number of esters is 1. The van der Waals surface area contributed by atoms with Gasteiger partial charge in [0.2, 0.25) is 11.2 Å². The average molecular weight is 577 g/mol. The molecule has 1 aliphatic carbocycles. The maximum atomic E-state index is 13.1. The summed E-state index contributed by atoms with van der Waals surface area (Å²) in [6.45, 7) is 1.94. The molecule has 1 aliphatic rings. The number of ether oxygens (including phenoxy) is 1. The van der Waals surface area contributed by atoms with Crippen molar-refractivity contribution in [3.8, 4) is 0 Å². The third-order valence-electron chi connectivity index (χ3n) is 6.84. The number of halogens is 4. The molecule has 4 atom stereocenters. The van der Waals surface area contributed by atoms with Crippen molar-refractivity contribution in [3.63, 3.8) is 0 Å². The van der Waals surface area contributed by atoms with Gasteiger partial charge >= 0.3 is 12.1 Å². The number of carbonyl (C=O) groups excluding carboxylic acids is 2. The van der Waals surface area contributed by atoms with Crippen LogP contribution in [0.2, 0.25) is 5.28 Å². The highest BCUT2D eigenvalue weighted by molar-refractivity contribution is 6.28. The van der Waals surface area contributed by atoms with Crippen molar-refractivity contribution in [1.29, 1.82) is 0 Å². The zero-order valence-corrected chi connectivity index (χ0v) is 21.8. The highest BCUT2D eigenvalue weighted by Gasteiger charge is 2.51. The maximum Gasteiger partial charge on any atom is 0.490 e. The van der Waals surface area contributed by atoms with Gasteiger partial charge in [0.15, 0.2) is 23.1 Å². The van der Waals surface area contributed by atoms with Crippen molar-refractivity contribution in [2.75, 3.05) is 5.32 Å². The summed E-state index contributed by atoms with van der Waals surface area (Å²) in [6, 6.07) is 11.7. The van der Waals surface area contributed by atoms with Crippen LogP contribution < -0.4 is 10.6 Å². The highest BCUT2D eigenvalue weighted by atomic mass is 35.5. The second kappa shape index (κ2) is 10.9. The lowest BCUT2D eigenvalue weighted by molar-refractivity contribution is -0.209. The van der Waals surface area contributed by atoms with Gasteiger partial charge in [-0.25, -0.2) is 9.78 Å². The minimum atomic E-state index is -5.28.